The van der Waals surface area contributed by atoms with Gasteiger partial charge < -0.3 is 0 Å². The van der Waals surface area contributed by atoms with E-state index in [9.17, 15) is 9.90 Å². The van der Waals surface area contributed by atoms with Gasteiger partial charge in [-0.1, -0.05) is 22.9 Å². The number of rotatable bonds is 3. The molecule has 0 aromatic carbocycles. The van der Waals surface area contributed by atoms with E-state index in [0.717, 1.165) is 0 Å². The monoisotopic (exact) mass is 179 g/mol. The van der Waals surface area contributed by atoms with Crippen LogP contribution in [0.25, 0.3) is 0 Å². The molecule has 0 aliphatic rings. The van der Waals surface area contributed by atoms with E-state index in [0.29, 0.717) is 6.42 Å². The molecule has 0 heterocycles. The van der Waals surface area contributed by atoms with Crippen LogP contribution in [0.15, 0.2) is 0 Å². The van der Waals surface area contributed by atoms with Crippen LogP contribution in [-0.2, 0) is 9.90 Å². The Morgan fingerprint density at radius 1 is 1.75 bits per heavy atom. The average molecular weight is 180 g/mol. The predicted octanol–water partition coefficient (Wildman–Crippen LogP) is 1.51. The molecule has 0 saturated heterocycles. The molecule has 1 radical (unpaired) electrons. The lowest BCUT2D eigenvalue weighted by Crippen LogP contribution is -1.97. The molecule has 0 N–H and O–H groups in total. The first kappa shape index (κ1) is 7.95. The minimum Gasteiger partial charge on any atom is -0.247 e. The summed E-state index contributed by atoms with van der Waals surface area (Å²) in [5.41, 5.74) is 0. The maximum Gasteiger partial charge on any atom is 0.355 e. The molecule has 0 aliphatic carbocycles. The second-order valence-electron chi connectivity index (χ2n) is 1.69. The van der Waals surface area contributed by atoms with Gasteiger partial charge in [0, 0.05) is 4.83 Å². The van der Waals surface area contributed by atoms with Crippen molar-refractivity contribution >= 4 is 21.9 Å². The third-order valence-corrected chi connectivity index (χ3v) is 1.20. The summed E-state index contributed by atoms with van der Waals surface area (Å²) in [6.45, 7) is 1.91. The Bertz CT molecular complexity index is 80.5. The number of carbonyl (C=O) groups excluding carboxylic acids is 1. The van der Waals surface area contributed by atoms with Crippen molar-refractivity contribution in [3.8, 4) is 0 Å². The zero-order valence-electron chi connectivity index (χ0n) is 4.69. The lowest BCUT2D eigenvalue weighted by Gasteiger charge is -1.94. The molecule has 0 saturated carbocycles. The van der Waals surface area contributed by atoms with Crippen LogP contribution in [0.2, 0.25) is 0 Å². The van der Waals surface area contributed by atoms with Crippen LogP contribution in [0, 0.1) is 0 Å². The second-order valence-corrected chi connectivity index (χ2v) is 3.25. The summed E-state index contributed by atoms with van der Waals surface area (Å²) in [5.74, 6) is -0.976. The minimum atomic E-state index is -0.976. The fourth-order valence-corrected chi connectivity index (χ4v) is 0.546. The highest BCUT2D eigenvalue weighted by atomic mass is 79.9. The molecule has 0 amide bonds. The van der Waals surface area contributed by atoms with Gasteiger partial charge in [-0.25, -0.2) is 9.90 Å². The van der Waals surface area contributed by atoms with Gasteiger partial charge in [0.2, 0.25) is 0 Å². The van der Waals surface area contributed by atoms with Crippen LogP contribution < -0.4 is 0 Å². The molecule has 0 fully saturated rings. The summed E-state index contributed by atoms with van der Waals surface area (Å²) in [6.07, 6.45) is 0.786. The van der Waals surface area contributed by atoms with Crippen LogP contribution in [-0.4, -0.2) is 10.8 Å². The van der Waals surface area contributed by atoms with E-state index in [2.05, 4.69) is 15.9 Å². The lowest BCUT2D eigenvalue weighted by molar-refractivity contribution is -0.143. The molecule has 0 aromatic rings. The number of alkyl halides is 1. The Hall–Kier alpha value is -0.0500. The van der Waals surface area contributed by atoms with E-state index < -0.39 is 5.97 Å². The highest BCUT2D eigenvalue weighted by Crippen LogP contribution is 2.05. The molecule has 2 nitrogen and oxygen atoms in total. The molecule has 0 bridgehead atoms. The Kier molecular flexibility index (Phi) is 3.87. The molecule has 8 heavy (non-hydrogen) atoms. The van der Waals surface area contributed by atoms with Gasteiger partial charge in [-0.3, -0.25) is 0 Å². The molecule has 1 unspecified atom stereocenters. The van der Waals surface area contributed by atoms with Gasteiger partial charge >= 0.3 is 5.97 Å². The van der Waals surface area contributed by atoms with Crippen molar-refractivity contribution in [2.75, 3.05) is 0 Å². The van der Waals surface area contributed by atoms with Crippen molar-refractivity contribution in [3.05, 3.63) is 0 Å². The molecule has 1 atom stereocenters. The van der Waals surface area contributed by atoms with Gasteiger partial charge in [-0.15, -0.1) is 0 Å². The van der Waals surface area contributed by atoms with Gasteiger partial charge in [0.05, 0.1) is 6.42 Å². The van der Waals surface area contributed by atoms with E-state index in [-0.39, 0.29) is 11.2 Å². The maximum atomic E-state index is 9.77. The standard InChI is InChI=1S/C5H8BrO2/c1-4(6)2-3-5(7)8/h4H,2-3H2,1H3. The highest BCUT2D eigenvalue weighted by molar-refractivity contribution is 9.09. The van der Waals surface area contributed by atoms with Crippen LogP contribution in [0.1, 0.15) is 19.8 Å². The smallest absolute Gasteiger partial charge is 0.247 e. The van der Waals surface area contributed by atoms with Crippen molar-refractivity contribution in [3.63, 3.8) is 0 Å². The summed E-state index contributed by atoms with van der Waals surface area (Å²) in [5, 5.41) is 9.77. The fraction of sp³-hybridized carbons (Fsp3) is 0.800. The lowest BCUT2D eigenvalue weighted by atomic mass is 10.3. The van der Waals surface area contributed by atoms with Crippen LogP contribution in [0.4, 0.5) is 0 Å². The summed E-state index contributed by atoms with van der Waals surface area (Å²) in [4.78, 5) is 10.0. The largest absolute Gasteiger partial charge is 0.355 e. The van der Waals surface area contributed by atoms with Crippen molar-refractivity contribution in [1.29, 1.82) is 0 Å². The number of halogens is 1. The first-order valence-electron chi connectivity index (χ1n) is 2.47. The fourth-order valence-electron chi connectivity index (χ4n) is 0.317. The third kappa shape index (κ3) is 5.95. The van der Waals surface area contributed by atoms with Crippen LogP contribution in [0.3, 0.4) is 0 Å². The Morgan fingerprint density at radius 3 is 2.38 bits per heavy atom. The summed E-state index contributed by atoms with van der Waals surface area (Å²) in [7, 11) is 0. The number of hydrogen-bond acceptors (Lipinski definition) is 1. The zero-order chi connectivity index (χ0) is 6.57. The Balaban J connectivity index is 3.05. The van der Waals surface area contributed by atoms with Crippen molar-refractivity contribution in [2.24, 2.45) is 0 Å². The van der Waals surface area contributed by atoms with E-state index in [1.165, 1.54) is 0 Å². The molecule has 0 spiro atoms. The van der Waals surface area contributed by atoms with Crippen molar-refractivity contribution < 1.29 is 9.90 Å². The van der Waals surface area contributed by atoms with Gasteiger partial charge in [0.25, 0.3) is 0 Å². The Morgan fingerprint density at radius 2 is 2.25 bits per heavy atom. The topological polar surface area (TPSA) is 37.0 Å². The zero-order valence-corrected chi connectivity index (χ0v) is 6.27. The van der Waals surface area contributed by atoms with Crippen molar-refractivity contribution in [2.45, 2.75) is 24.6 Å². The second kappa shape index (κ2) is 3.89. The molecule has 0 aliphatic heterocycles. The third-order valence-electron chi connectivity index (χ3n) is 0.746. The number of hydrogen-bond donors (Lipinski definition) is 0. The van der Waals surface area contributed by atoms with E-state index in [1.54, 1.807) is 0 Å². The van der Waals surface area contributed by atoms with E-state index >= 15 is 0 Å². The van der Waals surface area contributed by atoms with E-state index in [1.807, 2.05) is 6.92 Å². The molecule has 0 aromatic heterocycles. The van der Waals surface area contributed by atoms with Crippen molar-refractivity contribution in [1.82, 2.24) is 0 Å². The normalized spacial score (nSPS) is 13.2. The molecular weight excluding hydrogens is 172 g/mol. The summed E-state index contributed by atoms with van der Waals surface area (Å²) in [6, 6.07) is 0. The molecule has 3 heteroatoms. The average Bonchev–Trinajstić information content (AvgIpc) is 1.61. The first-order chi connectivity index (χ1) is 3.63. The van der Waals surface area contributed by atoms with Gasteiger partial charge in [0.15, 0.2) is 0 Å². The quantitative estimate of drug-likeness (QED) is 0.606. The number of carbonyl (C=O) groups is 1. The van der Waals surface area contributed by atoms with Gasteiger partial charge in [-0.2, -0.15) is 0 Å². The summed E-state index contributed by atoms with van der Waals surface area (Å²) >= 11 is 3.21. The van der Waals surface area contributed by atoms with Crippen LogP contribution >= 0.6 is 15.9 Å². The highest BCUT2D eigenvalue weighted by Gasteiger charge is 2.01. The molecular formula is C5H8BrO2. The van der Waals surface area contributed by atoms with Gasteiger partial charge in [-0.05, 0) is 6.42 Å². The van der Waals surface area contributed by atoms with E-state index in [4.69, 9.17) is 0 Å². The van der Waals surface area contributed by atoms with Crippen LogP contribution in [0.5, 0.6) is 0 Å². The molecule has 47 valence electrons. The predicted molar refractivity (Wildman–Crippen MR) is 33.3 cm³/mol. The maximum absolute atomic E-state index is 9.77. The summed E-state index contributed by atoms with van der Waals surface area (Å²) < 4.78 is 0. The SMILES string of the molecule is CC(Br)CCC([O])=O. The van der Waals surface area contributed by atoms with Gasteiger partial charge in [0.1, 0.15) is 0 Å². The first-order valence-corrected chi connectivity index (χ1v) is 3.38. The molecule has 0 rings (SSSR count). The Labute approximate surface area is 57.0 Å². The minimum absolute atomic E-state index is 0.145.